The summed E-state index contributed by atoms with van der Waals surface area (Å²) in [7, 11) is -6.39. The Kier molecular flexibility index (Phi) is 8.18. The van der Waals surface area contributed by atoms with Gasteiger partial charge in [0.2, 0.25) is 0 Å². The van der Waals surface area contributed by atoms with Crippen molar-refractivity contribution in [1.82, 2.24) is 3.71 Å². The van der Waals surface area contributed by atoms with Crippen LogP contribution in [0.2, 0.25) is 0 Å². The molecule has 39 heavy (non-hydrogen) atoms. The van der Waals surface area contributed by atoms with Gasteiger partial charge >= 0.3 is 0 Å². The van der Waals surface area contributed by atoms with E-state index in [4.69, 9.17) is 9.47 Å². The van der Waals surface area contributed by atoms with Crippen molar-refractivity contribution in [2.24, 2.45) is 0 Å². The van der Waals surface area contributed by atoms with E-state index in [0.29, 0.717) is 11.5 Å². The lowest BCUT2D eigenvalue weighted by Gasteiger charge is -2.22. The van der Waals surface area contributed by atoms with Gasteiger partial charge in [0, 0.05) is 17.3 Å². The van der Waals surface area contributed by atoms with E-state index in [2.05, 4.69) is 0 Å². The third-order valence-electron chi connectivity index (χ3n) is 5.79. The third kappa shape index (κ3) is 5.87. The van der Waals surface area contributed by atoms with Gasteiger partial charge in [-0.25, -0.2) is 16.8 Å². The number of allylic oxidation sites excluding steroid dienone is 1. The van der Waals surface area contributed by atoms with Gasteiger partial charge in [-0.05, 0) is 66.2 Å². The molecule has 200 valence electrons. The van der Waals surface area contributed by atoms with Crippen molar-refractivity contribution in [2.75, 3.05) is 14.2 Å². The molecule has 0 saturated heterocycles. The molecule has 0 radical (unpaired) electrons. The molecule has 0 unspecified atom stereocenters. The van der Waals surface area contributed by atoms with Crippen LogP contribution in [0.15, 0.2) is 125 Å². The van der Waals surface area contributed by atoms with Crippen molar-refractivity contribution in [3.05, 3.63) is 127 Å². The number of benzene rings is 4. The minimum Gasteiger partial charge on any atom is -0.497 e. The van der Waals surface area contributed by atoms with Crippen molar-refractivity contribution < 1.29 is 31.1 Å². The Morgan fingerprint density at radius 2 is 0.974 bits per heavy atom. The number of sulfonamides is 2. The highest BCUT2D eigenvalue weighted by Gasteiger charge is 2.35. The summed E-state index contributed by atoms with van der Waals surface area (Å²) in [5.41, 5.74) is 0.321. The van der Waals surface area contributed by atoms with Crippen molar-refractivity contribution in [1.29, 1.82) is 0 Å². The predicted molar refractivity (Wildman–Crippen MR) is 147 cm³/mol. The fraction of sp³-hybridized carbons (Fsp3) is 0.0690. The SMILES string of the molecule is COc1ccc(C(=O)/C(=C\N(S(=O)(=O)c2ccccc2)S(=O)(=O)c2ccccc2)c2ccc(OC)cc2)cc1. The highest BCUT2D eigenvalue weighted by Crippen LogP contribution is 2.30. The number of ketones is 1. The summed E-state index contributed by atoms with van der Waals surface area (Å²) < 4.78 is 65.9. The number of hydrogen-bond acceptors (Lipinski definition) is 7. The first-order chi connectivity index (χ1) is 18.7. The molecule has 0 atom stereocenters. The Labute approximate surface area is 227 Å². The van der Waals surface area contributed by atoms with Crippen molar-refractivity contribution in [3.8, 4) is 11.5 Å². The van der Waals surface area contributed by atoms with Crippen LogP contribution in [0.3, 0.4) is 0 Å². The smallest absolute Gasteiger partial charge is 0.277 e. The summed E-state index contributed by atoms with van der Waals surface area (Å²) >= 11 is 0. The van der Waals surface area contributed by atoms with Crippen LogP contribution in [0.1, 0.15) is 15.9 Å². The van der Waals surface area contributed by atoms with Crippen molar-refractivity contribution in [3.63, 3.8) is 0 Å². The molecule has 0 aromatic heterocycles. The normalized spacial score (nSPS) is 12.0. The van der Waals surface area contributed by atoms with E-state index in [1.54, 1.807) is 48.5 Å². The molecule has 4 aromatic rings. The molecule has 0 N–H and O–H groups in total. The molecule has 0 fully saturated rings. The van der Waals surface area contributed by atoms with Crippen LogP contribution in [-0.4, -0.2) is 40.5 Å². The maximum Gasteiger partial charge on any atom is 0.277 e. The molecule has 8 nitrogen and oxygen atoms in total. The average Bonchev–Trinajstić information content (AvgIpc) is 2.98. The van der Waals surface area contributed by atoms with Gasteiger partial charge in [0.1, 0.15) is 11.5 Å². The minimum absolute atomic E-state index is 0.165. The first kappa shape index (κ1) is 27.6. The summed E-state index contributed by atoms with van der Waals surface area (Å²) in [6.07, 6.45) is 0.860. The molecule has 0 amide bonds. The van der Waals surface area contributed by atoms with E-state index in [-0.39, 0.29) is 30.2 Å². The molecule has 10 heteroatoms. The van der Waals surface area contributed by atoms with E-state index in [0.717, 1.165) is 6.20 Å². The number of ether oxygens (including phenoxy) is 2. The Morgan fingerprint density at radius 1 is 0.590 bits per heavy atom. The molecule has 0 heterocycles. The molecule has 4 rings (SSSR count). The zero-order valence-electron chi connectivity index (χ0n) is 21.1. The molecule has 0 bridgehead atoms. The largest absolute Gasteiger partial charge is 0.497 e. The van der Waals surface area contributed by atoms with Gasteiger partial charge in [-0.15, -0.1) is 0 Å². The number of carbonyl (C=O) groups is 1. The van der Waals surface area contributed by atoms with E-state index in [1.807, 2.05) is 0 Å². The lowest BCUT2D eigenvalue weighted by molar-refractivity contribution is 0.105. The standard InChI is InChI=1S/C29H25NO7S2/c1-36-24-17-13-22(14-18-24)28(29(31)23-15-19-25(37-2)20-16-23)21-30(38(32,33)26-9-5-3-6-10-26)39(34,35)27-11-7-4-8-12-27/h3-21H,1-2H3/b28-21-. The van der Waals surface area contributed by atoms with Crippen LogP contribution in [0.5, 0.6) is 11.5 Å². The molecule has 0 aliphatic carbocycles. The molecule has 4 aromatic carbocycles. The highest BCUT2D eigenvalue weighted by molar-refractivity contribution is 8.04. The Hall–Kier alpha value is -4.41. The number of Topliss-reactive ketones (excluding diaryl/α,β-unsaturated/α-hetero) is 1. The van der Waals surface area contributed by atoms with Gasteiger partial charge in [0.05, 0.1) is 24.0 Å². The van der Waals surface area contributed by atoms with Crippen LogP contribution >= 0.6 is 0 Å². The maximum absolute atomic E-state index is 13.8. The van der Waals surface area contributed by atoms with Gasteiger partial charge in [-0.2, -0.15) is 3.71 Å². The van der Waals surface area contributed by atoms with Gasteiger partial charge in [0.15, 0.2) is 5.78 Å². The summed E-state index contributed by atoms with van der Waals surface area (Å²) in [6.45, 7) is 0. The summed E-state index contributed by atoms with van der Waals surface area (Å²) in [5, 5.41) is 0. The van der Waals surface area contributed by atoms with Crippen molar-refractivity contribution in [2.45, 2.75) is 9.79 Å². The van der Waals surface area contributed by atoms with Gasteiger partial charge in [0.25, 0.3) is 20.0 Å². The number of carbonyl (C=O) groups excluding carboxylic acids is 1. The van der Waals surface area contributed by atoms with Crippen LogP contribution in [0.25, 0.3) is 5.57 Å². The summed E-state index contributed by atoms with van der Waals surface area (Å²) in [4.78, 5) is 13.3. The van der Waals surface area contributed by atoms with Gasteiger partial charge in [-0.3, -0.25) is 4.79 Å². The second kappa shape index (κ2) is 11.5. The highest BCUT2D eigenvalue weighted by atomic mass is 32.3. The Morgan fingerprint density at radius 3 is 1.36 bits per heavy atom. The predicted octanol–water partition coefficient (Wildman–Crippen LogP) is 5.01. The molecular formula is C29H25NO7S2. The molecule has 0 spiro atoms. The van der Waals surface area contributed by atoms with E-state index < -0.39 is 25.8 Å². The van der Waals surface area contributed by atoms with Gasteiger partial charge in [-0.1, -0.05) is 48.5 Å². The van der Waals surface area contributed by atoms with Crippen LogP contribution in [0, 0.1) is 0 Å². The summed E-state index contributed by atoms with van der Waals surface area (Å²) in [5.74, 6) is 0.418. The third-order valence-corrected chi connectivity index (χ3v) is 9.86. The van der Waals surface area contributed by atoms with Crippen molar-refractivity contribution >= 4 is 31.4 Å². The fourth-order valence-electron chi connectivity index (χ4n) is 3.70. The quantitative estimate of drug-likeness (QED) is 0.197. The molecule has 0 aliphatic rings. The zero-order valence-corrected chi connectivity index (χ0v) is 22.7. The van der Waals surface area contributed by atoms with Gasteiger partial charge < -0.3 is 9.47 Å². The first-order valence-electron chi connectivity index (χ1n) is 11.6. The van der Waals surface area contributed by atoms with Crippen LogP contribution in [-0.2, 0) is 20.0 Å². The topological polar surface area (TPSA) is 107 Å². The minimum atomic E-state index is -4.68. The number of rotatable bonds is 10. The molecule has 0 saturated carbocycles. The van der Waals surface area contributed by atoms with E-state index in [9.17, 15) is 21.6 Å². The summed E-state index contributed by atoms with van der Waals surface area (Å²) in [6, 6.07) is 26.8. The Bertz CT molecular complexity index is 1610. The molecular weight excluding hydrogens is 538 g/mol. The van der Waals surface area contributed by atoms with E-state index in [1.165, 1.54) is 74.9 Å². The van der Waals surface area contributed by atoms with Crippen LogP contribution in [0.4, 0.5) is 0 Å². The number of hydrogen-bond donors (Lipinski definition) is 0. The fourth-order valence-corrected chi connectivity index (χ4v) is 7.15. The number of nitrogens with zero attached hydrogens (tertiary/aromatic N) is 1. The Balaban J connectivity index is 1.98. The van der Waals surface area contributed by atoms with Crippen LogP contribution < -0.4 is 9.47 Å². The second-order valence-electron chi connectivity index (χ2n) is 8.19. The van der Waals surface area contributed by atoms with E-state index >= 15 is 0 Å². The monoisotopic (exact) mass is 563 g/mol. The average molecular weight is 564 g/mol. The zero-order chi connectivity index (χ0) is 28.0. The number of methoxy groups -OCH3 is 2. The maximum atomic E-state index is 13.8. The molecule has 0 aliphatic heterocycles. The lowest BCUT2D eigenvalue weighted by Crippen LogP contribution is -2.33. The lowest BCUT2D eigenvalue weighted by atomic mass is 9.97. The second-order valence-corrected chi connectivity index (χ2v) is 12.1. The first-order valence-corrected chi connectivity index (χ1v) is 14.5.